The topological polar surface area (TPSA) is 265 Å². The Morgan fingerprint density at radius 3 is 2.07 bits per heavy atom. The molecule has 19 nitrogen and oxygen atoms in total. The van der Waals surface area contributed by atoms with Gasteiger partial charge in [0.2, 0.25) is 5.91 Å². The number of methoxy groups -OCH3 is 2. The number of ether oxygens (including phenoxy) is 6. The summed E-state index contributed by atoms with van der Waals surface area (Å²) < 4.78 is 33.0. The summed E-state index contributed by atoms with van der Waals surface area (Å²) in [7, 11) is 2.48. The fourth-order valence-electron chi connectivity index (χ4n) is 5.77. The zero-order valence-corrected chi connectivity index (χ0v) is 25.4. The van der Waals surface area contributed by atoms with Crippen LogP contribution in [0.3, 0.4) is 0 Å². The van der Waals surface area contributed by atoms with Gasteiger partial charge in [-0.05, 0) is 20.8 Å². The summed E-state index contributed by atoms with van der Waals surface area (Å²) in [5, 5.41) is 66.5. The molecule has 256 valence electrons. The Morgan fingerprint density at radius 1 is 0.909 bits per heavy atom. The van der Waals surface area contributed by atoms with Crippen LogP contribution in [0.2, 0.25) is 0 Å². The Morgan fingerprint density at radius 2 is 1.57 bits per heavy atom. The summed E-state index contributed by atoms with van der Waals surface area (Å²) in [4.78, 5) is 45.7. The summed E-state index contributed by atoms with van der Waals surface area (Å²) in [6, 6.07) is -0.959. The van der Waals surface area contributed by atoms with Crippen molar-refractivity contribution in [2.24, 2.45) is 5.92 Å². The second kappa shape index (κ2) is 15.5. The molecule has 19 heteroatoms. The highest BCUT2D eigenvalue weighted by Gasteiger charge is 2.68. The molecule has 2 aliphatic rings. The molecule has 0 aromatic carbocycles. The van der Waals surface area contributed by atoms with Crippen molar-refractivity contribution in [3.63, 3.8) is 0 Å². The van der Waals surface area contributed by atoms with Gasteiger partial charge >= 0.3 is 5.97 Å². The van der Waals surface area contributed by atoms with Gasteiger partial charge in [0.15, 0.2) is 5.60 Å². The molecule has 0 bridgehead atoms. The number of carbonyl (C=O) groups is 3. The molecule has 2 aliphatic heterocycles. The minimum absolute atomic E-state index is 0.0822. The molecule has 0 saturated carbocycles. The van der Waals surface area contributed by atoms with Gasteiger partial charge in [-0.15, -0.1) is 0 Å². The Bertz CT molecular complexity index is 979. The van der Waals surface area contributed by atoms with E-state index in [4.69, 9.17) is 33.3 Å². The van der Waals surface area contributed by atoms with Crippen LogP contribution in [-0.4, -0.2) is 128 Å². The van der Waals surface area contributed by atoms with Gasteiger partial charge in [-0.3, -0.25) is 19.7 Å². The molecule has 1 amide bonds. The number of aliphatic carboxylic acids is 1. The molecule has 0 aliphatic carbocycles. The number of carboxylic acid groups (broad SMARTS) is 1. The summed E-state index contributed by atoms with van der Waals surface area (Å²) in [5.74, 6) is -4.13. The number of aliphatic hydroxyl groups excluding tert-OH is 2. The number of aliphatic hydroxyl groups is 2. The fourth-order valence-corrected chi connectivity index (χ4v) is 5.77. The van der Waals surface area contributed by atoms with Gasteiger partial charge in [-0.2, -0.15) is 0 Å². The van der Waals surface area contributed by atoms with E-state index in [0.29, 0.717) is 0 Å². The highest BCUT2D eigenvalue weighted by molar-refractivity contribution is 5.77. The standard InChI is InChI=1S/C25H43NO18/c1-13(27)26-17-15(20(40-43-33)23(4,11-38-14(2)28)39-16(17)9-35-6)8-37-10-22(3)18(29)19(30)25(12-36-7,42-44-34)24(5,41-22)21(31)32/h15-20,29-30,33-34H,8-12H2,1-7H3,(H,26,27)(H,31,32)/p-3/t15-,16-,17?,18?,19-,20+,22-,23?,24?,25+/m0/s1. The van der Waals surface area contributed by atoms with Crippen LogP contribution in [0.15, 0.2) is 0 Å². The maximum atomic E-state index is 12.3. The molecule has 2 saturated heterocycles. The first-order valence-corrected chi connectivity index (χ1v) is 13.4. The first-order valence-electron chi connectivity index (χ1n) is 13.4. The molecular formula is C25H40NO18-3. The van der Waals surface area contributed by atoms with Crippen molar-refractivity contribution in [3.05, 3.63) is 0 Å². The third-order valence-corrected chi connectivity index (χ3v) is 7.96. The predicted molar refractivity (Wildman–Crippen MR) is 131 cm³/mol. The molecule has 0 spiro atoms. The minimum atomic E-state index is -2.66. The van der Waals surface area contributed by atoms with E-state index in [9.17, 15) is 40.2 Å². The van der Waals surface area contributed by atoms with Gasteiger partial charge in [-0.25, -0.2) is 9.78 Å². The van der Waals surface area contributed by atoms with E-state index >= 15 is 0 Å². The van der Waals surface area contributed by atoms with Crippen LogP contribution < -0.4 is 20.9 Å². The molecule has 2 rings (SSSR count). The summed E-state index contributed by atoms with van der Waals surface area (Å²) in [5.41, 5.74) is -8.82. The van der Waals surface area contributed by atoms with Crippen molar-refractivity contribution in [1.29, 1.82) is 0 Å². The highest BCUT2D eigenvalue weighted by atomic mass is 17.5. The molecule has 10 atom stereocenters. The van der Waals surface area contributed by atoms with Gasteiger partial charge in [0.05, 0.1) is 38.4 Å². The van der Waals surface area contributed by atoms with Crippen LogP contribution in [-0.2, 0) is 62.7 Å². The van der Waals surface area contributed by atoms with E-state index in [1.807, 2.05) is 0 Å². The Hall–Kier alpha value is -2.11. The third kappa shape index (κ3) is 7.64. The average Bonchev–Trinajstić information content (AvgIpc) is 2.93. The number of hydrogen-bond donors (Lipinski definition) is 3. The SMILES string of the molecule is COC[C@@H]1OC(C)(COC(C)=O)[C@H](OO[O-])[C@@H](COC[C@]2(C)OC(C)(C(=O)[O-])[C@](COC)(OO[O-])[C@@H](O)C2O)C1NC(C)=O. The summed E-state index contributed by atoms with van der Waals surface area (Å²) >= 11 is 0. The molecule has 3 N–H and O–H groups in total. The second-order valence-electron chi connectivity index (χ2n) is 11.3. The van der Waals surface area contributed by atoms with E-state index < -0.39 is 103 Å². The van der Waals surface area contributed by atoms with Gasteiger partial charge in [0.1, 0.15) is 47.8 Å². The maximum absolute atomic E-state index is 12.3. The molecule has 2 fully saturated rings. The lowest BCUT2D eigenvalue weighted by atomic mass is 9.71. The van der Waals surface area contributed by atoms with E-state index in [1.54, 1.807) is 0 Å². The molecule has 44 heavy (non-hydrogen) atoms. The van der Waals surface area contributed by atoms with E-state index in [1.165, 1.54) is 27.9 Å². The zero-order valence-electron chi connectivity index (χ0n) is 25.4. The largest absolute Gasteiger partial charge is 0.692 e. The molecule has 4 unspecified atom stereocenters. The Balaban J connectivity index is 2.46. The smallest absolute Gasteiger partial charge is 0.302 e. The van der Waals surface area contributed by atoms with Crippen molar-refractivity contribution in [1.82, 2.24) is 5.32 Å². The van der Waals surface area contributed by atoms with Crippen molar-refractivity contribution in [2.75, 3.05) is 47.3 Å². The van der Waals surface area contributed by atoms with Crippen LogP contribution in [0.4, 0.5) is 0 Å². The van der Waals surface area contributed by atoms with Crippen LogP contribution in [0.25, 0.3) is 0 Å². The van der Waals surface area contributed by atoms with Crippen LogP contribution >= 0.6 is 0 Å². The third-order valence-electron chi connectivity index (χ3n) is 7.96. The van der Waals surface area contributed by atoms with Crippen molar-refractivity contribution >= 4 is 17.8 Å². The Labute approximate surface area is 252 Å². The quantitative estimate of drug-likeness (QED) is 0.0806. The van der Waals surface area contributed by atoms with Gasteiger partial charge in [0.25, 0.3) is 0 Å². The number of esters is 1. The van der Waals surface area contributed by atoms with Crippen molar-refractivity contribution in [2.45, 2.75) is 87.5 Å². The monoisotopic (exact) mass is 642 g/mol. The second-order valence-corrected chi connectivity index (χ2v) is 11.3. The molecular weight excluding hydrogens is 602 g/mol. The van der Waals surface area contributed by atoms with Crippen LogP contribution in [0, 0.1) is 5.92 Å². The number of carboxylic acids is 1. The molecule has 2 heterocycles. The van der Waals surface area contributed by atoms with E-state index in [0.717, 1.165) is 21.0 Å². The molecule has 0 aromatic heterocycles. The van der Waals surface area contributed by atoms with Gasteiger partial charge in [-0.1, -0.05) is 0 Å². The van der Waals surface area contributed by atoms with Crippen LogP contribution in [0.5, 0.6) is 0 Å². The van der Waals surface area contributed by atoms with Gasteiger partial charge < -0.3 is 64.4 Å². The number of nitrogens with one attached hydrogen (secondary N) is 1. The number of rotatable bonds is 16. The zero-order chi connectivity index (χ0) is 33.5. The van der Waals surface area contributed by atoms with Crippen molar-refractivity contribution < 1.29 is 88.5 Å². The number of amides is 1. The van der Waals surface area contributed by atoms with Crippen molar-refractivity contribution in [3.8, 4) is 0 Å². The number of hydrogen-bond acceptors (Lipinski definition) is 18. The highest BCUT2D eigenvalue weighted by Crippen LogP contribution is 2.45. The van der Waals surface area contributed by atoms with Gasteiger partial charge in [0, 0.05) is 34.0 Å². The average molecular weight is 643 g/mol. The van der Waals surface area contributed by atoms with E-state index in [-0.39, 0.29) is 6.61 Å². The van der Waals surface area contributed by atoms with Crippen LogP contribution in [0.1, 0.15) is 34.6 Å². The first-order chi connectivity index (χ1) is 20.5. The normalized spacial score (nSPS) is 39.1. The molecule has 0 radical (unpaired) electrons. The fraction of sp³-hybridized carbons (Fsp3) is 0.880. The lowest BCUT2D eigenvalue weighted by Gasteiger charge is -2.59. The minimum Gasteiger partial charge on any atom is -0.692 e. The summed E-state index contributed by atoms with van der Waals surface area (Å²) in [6.45, 7) is 3.63. The van der Waals surface area contributed by atoms with E-state index in [2.05, 4.69) is 20.3 Å². The lowest BCUT2D eigenvalue weighted by Crippen LogP contribution is -2.81. The molecule has 0 aromatic rings. The predicted octanol–water partition coefficient (Wildman–Crippen LogP) is -5.29. The first kappa shape index (κ1) is 38.1. The Kier molecular flexibility index (Phi) is 13.4. The lowest BCUT2D eigenvalue weighted by molar-refractivity contribution is -0.816. The maximum Gasteiger partial charge on any atom is 0.302 e. The number of carbonyl (C=O) groups excluding carboxylic acids is 3. The summed E-state index contributed by atoms with van der Waals surface area (Å²) in [6.07, 6.45) is -6.41.